The number of nitrogens with zero attached hydrogens (tertiary/aromatic N) is 1. The third-order valence-electron chi connectivity index (χ3n) is 4.84. The molecule has 1 aliphatic rings. The zero-order valence-corrected chi connectivity index (χ0v) is 16.6. The number of hydrogen-bond acceptors (Lipinski definition) is 4. The molecule has 152 valence electrons. The Morgan fingerprint density at radius 3 is 2.62 bits per heavy atom. The second kappa shape index (κ2) is 9.23. The fourth-order valence-corrected chi connectivity index (χ4v) is 3.33. The van der Waals surface area contributed by atoms with Crippen LogP contribution in [0.1, 0.15) is 30.1 Å². The van der Waals surface area contributed by atoms with E-state index in [1.807, 2.05) is 19.1 Å². The molecule has 0 bridgehead atoms. The second-order valence-electron chi connectivity index (χ2n) is 6.87. The van der Waals surface area contributed by atoms with E-state index in [1.165, 1.54) is 0 Å². The van der Waals surface area contributed by atoms with Crippen molar-refractivity contribution in [1.29, 1.82) is 0 Å². The van der Waals surface area contributed by atoms with Gasteiger partial charge in [0.15, 0.2) is 0 Å². The zero-order valence-electron chi connectivity index (χ0n) is 16.6. The molecule has 2 N–H and O–H groups in total. The summed E-state index contributed by atoms with van der Waals surface area (Å²) in [6.45, 7) is 2.79. The van der Waals surface area contributed by atoms with Gasteiger partial charge in [-0.2, -0.15) is 0 Å². The number of nitrogens with one attached hydrogen (secondary N) is 2. The van der Waals surface area contributed by atoms with E-state index >= 15 is 0 Å². The highest BCUT2D eigenvalue weighted by Gasteiger charge is 2.36. The highest BCUT2D eigenvalue weighted by Crippen LogP contribution is 2.33. The van der Waals surface area contributed by atoms with Crippen molar-refractivity contribution >= 4 is 29.1 Å². The van der Waals surface area contributed by atoms with E-state index in [1.54, 1.807) is 48.4 Å². The molecule has 1 saturated heterocycles. The smallest absolute Gasteiger partial charge is 0.253 e. The van der Waals surface area contributed by atoms with Gasteiger partial charge in [-0.15, -0.1) is 0 Å². The number of amides is 3. The van der Waals surface area contributed by atoms with Crippen LogP contribution in [0.2, 0.25) is 0 Å². The molecular formula is C22H25N3O4. The van der Waals surface area contributed by atoms with Crippen molar-refractivity contribution in [3.63, 3.8) is 0 Å². The van der Waals surface area contributed by atoms with Crippen LogP contribution < -0.4 is 20.3 Å². The molecule has 3 rings (SSSR count). The van der Waals surface area contributed by atoms with E-state index in [0.29, 0.717) is 29.2 Å². The maximum atomic E-state index is 12.8. The number of carbonyl (C=O) groups is 3. The average Bonchev–Trinajstić information content (AvgIpc) is 3.14. The molecule has 7 heteroatoms. The predicted molar refractivity (Wildman–Crippen MR) is 111 cm³/mol. The van der Waals surface area contributed by atoms with Crippen LogP contribution >= 0.6 is 0 Å². The van der Waals surface area contributed by atoms with Gasteiger partial charge in [0.05, 0.1) is 30.0 Å². The van der Waals surface area contributed by atoms with Crippen LogP contribution in [-0.2, 0) is 9.59 Å². The summed E-state index contributed by atoms with van der Waals surface area (Å²) in [5.74, 6) is -0.588. The summed E-state index contributed by atoms with van der Waals surface area (Å²) < 4.78 is 5.33. The first kappa shape index (κ1) is 20.4. The molecule has 2 aromatic carbocycles. The summed E-state index contributed by atoms with van der Waals surface area (Å²) in [6.07, 6.45) is 0.928. The van der Waals surface area contributed by atoms with Crippen LogP contribution in [0.15, 0.2) is 48.5 Å². The number of hydrogen-bond donors (Lipinski definition) is 2. The number of benzene rings is 2. The molecule has 3 amide bonds. The number of para-hydroxylation sites is 3. The van der Waals surface area contributed by atoms with Gasteiger partial charge < -0.3 is 20.3 Å². The van der Waals surface area contributed by atoms with Gasteiger partial charge in [-0.05, 0) is 30.7 Å². The summed E-state index contributed by atoms with van der Waals surface area (Å²) in [5.41, 5.74) is 1.49. The highest BCUT2D eigenvalue weighted by atomic mass is 16.5. The third kappa shape index (κ3) is 4.56. The van der Waals surface area contributed by atoms with Crippen molar-refractivity contribution in [2.45, 2.75) is 19.8 Å². The summed E-state index contributed by atoms with van der Waals surface area (Å²) in [5, 5.41) is 5.63. The molecule has 0 spiro atoms. The van der Waals surface area contributed by atoms with E-state index in [9.17, 15) is 14.4 Å². The van der Waals surface area contributed by atoms with Crippen LogP contribution in [-0.4, -0.2) is 37.9 Å². The fourth-order valence-electron chi connectivity index (χ4n) is 3.33. The topological polar surface area (TPSA) is 87.7 Å². The molecule has 1 fully saturated rings. The first-order valence-corrected chi connectivity index (χ1v) is 9.66. The molecule has 1 unspecified atom stereocenters. The Morgan fingerprint density at radius 2 is 1.86 bits per heavy atom. The largest absolute Gasteiger partial charge is 0.495 e. The van der Waals surface area contributed by atoms with Gasteiger partial charge in [0.2, 0.25) is 11.8 Å². The van der Waals surface area contributed by atoms with Gasteiger partial charge in [0.1, 0.15) is 5.75 Å². The van der Waals surface area contributed by atoms with Crippen LogP contribution in [0, 0.1) is 5.92 Å². The first-order valence-electron chi connectivity index (χ1n) is 9.66. The van der Waals surface area contributed by atoms with Crippen molar-refractivity contribution in [1.82, 2.24) is 5.32 Å². The van der Waals surface area contributed by atoms with Crippen molar-refractivity contribution in [3.05, 3.63) is 54.1 Å². The van der Waals surface area contributed by atoms with E-state index in [2.05, 4.69) is 10.6 Å². The summed E-state index contributed by atoms with van der Waals surface area (Å²) in [4.78, 5) is 39.3. The molecule has 7 nitrogen and oxygen atoms in total. The first-order chi connectivity index (χ1) is 14.0. The SMILES string of the molecule is CCCNC(=O)c1ccccc1NC(=O)C1CC(=O)N(c2ccccc2OC)C1. The van der Waals surface area contributed by atoms with E-state index in [-0.39, 0.29) is 30.7 Å². The van der Waals surface area contributed by atoms with Crippen molar-refractivity contribution in [2.24, 2.45) is 5.92 Å². The lowest BCUT2D eigenvalue weighted by atomic mass is 10.1. The van der Waals surface area contributed by atoms with Crippen LogP contribution in [0.3, 0.4) is 0 Å². The number of anilines is 2. The minimum atomic E-state index is -0.515. The quantitative estimate of drug-likeness (QED) is 0.755. The molecule has 0 aromatic heterocycles. The number of carbonyl (C=O) groups excluding carboxylic acids is 3. The highest BCUT2D eigenvalue weighted by molar-refractivity contribution is 6.07. The molecule has 0 aliphatic carbocycles. The predicted octanol–water partition coefficient (Wildman–Crippen LogP) is 2.83. The van der Waals surface area contributed by atoms with Gasteiger partial charge in [0, 0.05) is 19.5 Å². The van der Waals surface area contributed by atoms with Crippen molar-refractivity contribution < 1.29 is 19.1 Å². The summed E-state index contributed by atoms with van der Waals surface area (Å²) in [7, 11) is 1.55. The monoisotopic (exact) mass is 395 g/mol. The minimum Gasteiger partial charge on any atom is -0.495 e. The molecule has 2 aromatic rings. The van der Waals surface area contributed by atoms with E-state index in [0.717, 1.165) is 6.42 Å². The Morgan fingerprint density at radius 1 is 1.14 bits per heavy atom. The zero-order chi connectivity index (χ0) is 20.8. The van der Waals surface area contributed by atoms with Gasteiger partial charge in [-0.25, -0.2) is 0 Å². The van der Waals surface area contributed by atoms with Crippen LogP contribution in [0.25, 0.3) is 0 Å². The molecule has 1 heterocycles. The molecule has 0 saturated carbocycles. The van der Waals surface area contributed by atoms with Gasteiger partial charge in [-0.3, -0.25) is 14.4 Å². The van der Waals surface area contributed by atoms with Gasteiger partial charge >= 0.3 is 0 Å². The third-order valence-corrected chi connectivity index (χ3v) is 4.84. The molecule has 0 radical (unpaired) electrons. The standard InChI is InChI=1S/C22H25N3O4/c1-3-12-23-22(28)16-8-4-5-9-17(16)24-21(27)15-13-20(26)25(14-15)18-10-6-7-11-19(18)29-2/h4-11,15H,3,12-14H2,1-2H3,(H,23,28)(H,24,27). The maximum Gasteiger partial charge on any atom is 0.253 e. The lowest BCUT2D eigenvalue weighted by Gasteiger charge is -2.19. The lowest BCUT2D eigenvalue weighted by Crippen LogP contribution is -2.30. The Bertz CT molecular complexity index is 912. The second-order valence-corrected chi connectivity index (χ2v) is 6.87. The molecule has 1 aliphatic heterocycles. The number of methoxy groups -OCH3 is 1. The lowest BCUT2D eigenvalue weighted by molar-refractivity contribution is -0.122. The molecular weight excluding hydrogens is 370 g/mol. The fraction of sp³-hybridized carbons (Fsp3) is 0.318. The average molecular weight is 395 g/mol. The van der Waals surface area contributed by atoms with Crippen LogP contribution in [0.4, 0.5) is 11.4 Å². The Hall–Kier alpha value is -3.35. The Balaban J connectivity index is 1.73. The summed E-state index contributed by atoms with van der Waals surface area (Å²) in [6, 6.07) is 14.1. The molecule has 1 atom stereocenters. The van der Waals surface area contributed by atoms with Gasteiger partial charge in [0.25, 0.3) is 5.91 Å². The number of rotatable bonds is 7. The van der Waals surface area contributed by atoms with E-state index < -0.39 is 5.92 Å². The van der Waals surface area contributed by atoms with Crippen molar-refractivity contribution in [3.8, 4) is 5.75 Å². The minimum absolute atomic E-state index is 0.105. The number of ether oxygens (including phenoxy) is 1. The van der Waals surface area contributed by atoms with Crippen molar-refractivity contribution in [2.75, 3.05) is 30.4 Å². The van der Waals surface area contributed by atoms with E-state index in [4.69, 9.17) is 4.74 Å². The van der Waals surface area contributed by atoms with Crippen LogP contribution in [0.5, 0.6) is 5.75 Å². The summed E-state index contributed by atoms with van der Waals surface area (Å²) >= 11 is 0. The van der Waals surface area contributed by atoms with Gasteiger partial charge in [-0.1, -0.05) is 31.2 Å². The maximum absolute atomic E-state index is 12.8. The molecule has 29 heavy (non-hydrogen) atoms. The Labute approximate surface area is 170 Å². The Kier molecular flexibility index (Phi) is 6.49. The normalized spacial score (nSPS) is 15.9.